The summed E-state index contributed by atoms with van der Waals surface area (Å²) in [6.07, 6.45) is 2.04. The van der Waals surface area contributed by atoms with Crippen molar-refractivity contribution in [3.63, 3.8) is 0 Å². The highest BCUT2D eigenvalue weighted by Gasteiger charge is 2.14. The lowest BCUT2D eigenvalue weighted by atomic mass is 10.2. The molecule has 0 amide bonds. The summed E-state index contributed by atoms with van der Waals surface area (Å²) in [7, 11) is 0. The average Bonchev–Trinajstić information content (AvgIpc) is 2.85. The van der Waals surface area contributed by atoms with Crippen molar-refractivity contribution >= 4 is 12.3 Å². The minimum Gasteiger partial charge on any atom is -0.489 e. The first kappa shape index (κ1) is 11.9. The standard InChI is InChI=1S/C13H10O5/c14-7-9-1-3-11(4-2-9)18-8-10-5-6-17-12(10)13(15)16/h1-7H,8H2,(H,15,16). The Bertz CT molecular complexity index is 553. The van der Waals surface area contributed by atoms with Crippen LogP contribution in [-0.4, -0.2) is 17.4 Å². The zero-order chi connectivity index (χ0) is 13.0. The summed E-state index contributed by atoms with van der Waals surface area (Å²) >= 11 is 0. The molecule has 0 aliphatic carbocycles. The lowest BCUT2D eigenvalue weighted by Gasteiger charge is -2.05. The fourth-order valence-electron chi connectivity index (χ4n) is 1.44. The maximum Gasteiger partial charge on any atom is 0.372 e. The highest BCUT2D eigenvalue weighted by atomic mass is 16.5. The summed E-state index contributed by atoms with van der Waals surface area (Å²) in [5.74, 6) is -0.701. The van der Waals surface area contributed by atoms with Crippen molar-refractivity contribution in [3.8, 4) is 5.75 Å². The lowest BCUT2D eigenvalue weighted by Crippen LogP contribution is -2.02. The maximum absolute atomic E-state index is 10.8. The van der Waals surface area contributed by atoms with Gasteiger partial charge in [-0.15, -0.1) is 0 Å². The summed E-state index contributed by atoms with van der Waals surface area (Å²) in [4.78, 5) is 21.3. The largest absolute Gasteiger partial charge is 0.489 e. The van der Waals surface area contributed by atoms with Crippen LogP contribution in [-0.2, 0) is 6.61 Å². The van der Waals surface area contributed by atoms with Crippen molar-refractivity contribution < 1.29 is 23.8 Å². The highest BCUT2D eigenvalue weighted by Crippen LogP contribution is 2.16. The molecular formula is C13H10O5. The van der Waals surface area contributed by atoms with E-state index in [1.165, 1.54) is 6.26 Å². The number of carbonyl (C=O) groups excluding carboxylic acids is 1. The number of hydrogen-bond donors (Lipinski definition) is 1. The number of carboxylic acids is 1. The van der Waals surface area contributed by atoms with Crippen LogP contribution in [0, 0.1) is 0 Å². The number of ether oxygens (including phenoxy) is 1. The molecule has 1 aromatic heterocycles. The van der Waals surface area contributed by atoms with E-state index in [2.05, 4.69) is 0 Å². The van der Waals surface area contributed by atoms with Crippen molar-refractivity contribution in [1.29, 1.82) is 0 Å². The van der Waals surface area contributed by atoms with Gasteiger partial charge >= 0.3 is 5.97 Å². The van der Waals surface area contributed by atoms with Gasteiger partial charge in [0.1, 0.15) is 18.6 Å². The zero-order valence-electron chi connectivity index (χ0n) is 9.33. The van der Waals surface area contributed by atoms with Crippen LogP contribution in [0.1, 0.15) is 26.5 Å². The fraction of sp³-hybridized carbons (Fsp3) is 0.0769. The van der Waals surface area contributed by atoms with Crippen molar-refractivity contribution in [2.75, 3.05) is 0 Å². The molecule has 92 valence electrons. The van der Waals surface area contributed by atoms with Gasteiger partial charge in [0, 0.05) is 11.1 Å². The van der Waals surface area contributed by atoms with Crippen LogP contribution in [0.5, 0.6) is 5.75 Å². The fourth-order valence-corrected chi connectivity index (χ4v) is 1.44. The third kappa shape index (κ3) is 2.57. The van der Waals surface area contributed by atoms with E-state index in [0.717, 1.165) is 6.29 Å². The molecule has 0 aliphatic heterocycles. The monoisotopic (exact) mass is 246 g/mol. The molecule has 1 aromatic carbocycles. The molecule has 0 fully saturated rings. The van der Waals surface area contributed by atoms with Crippen LogP contribution in [0.2, 0.25) is 0 Å². The minimum absolute atomic E-state index is 0.0958. The molecule has 2 rings (SSSR count). The number of furan rings is 1. The Morgan fingerprint density at radius 1 is 1.28 bits per heavy atom. The van der Waals surface area contributed by atoms with Crippen LogP contribution in [0.4, 0.5) is 0 Å². The van der Waals surface area contributed by atoms with Crippen LogP contribution < -0.4 is 4.74 Å². The Morgan fingerprint density at radius 3 is 2.61 bits per heavy atom. The highest BCUT2D eigenvalue weighted by molar-refractivity contribution is 5.86. The zero-order valence-corrected chi connectivity index (χ0v) is 9.33. The summed E-state index contributed by atoms with van der Waals surface area (Å²) in [6, 6.07) is 8.07. The number of rotatable bonds is 5. The number of carboxylic acid groups (broad SMARTS) is 1. The molecule has 1 heterocycles. The van der Waals surface area contributed by atoms with Crippen LogP contribution >= 0.6 is 0 Å². The predicted molar refractivity (Wildman–Crippen MR) is 61.8 cm³/mol. The van der Waals surface area contributed by atoms with Gasteiger partial charge in [-0.3, -0.25) is 4.79 Å². The second kappa shape index (κ2) is 5.18. The van der Waals surface area contributed by atoms with Gasteiger partial charge in [-0.1, -0.05) is 0 Å². The normalized spacial score (nSPS) is 10.0. The number of aldehydes is 1. The Labute approximate surface area is 103 Å². The molecule has 0 saturated heterocycles. The minimum atomic E-state index is -1.13. The predicted octanol–water partition coefficient (Wildman–Crippen LogP) is 2.37. The van der Waals surface area contributed by atoms with Crippen LogP contribution in [0.3, 0.4) is 0 Å². The van der Waals surface area contributed by atoms with Gasteiger partial charge in [-0.05, 0) is 30.3 Å². The summed E-state index contributed by atoms with van der Waals surface area (Å²) in [5, 5.41) is 8.83. The quantitative estimate of drug-likeness (QED) is 0.819. The first-order valence-electron chi connectivity index (χ1n) is 5.18. The first-order valence-corrected chi connectivity index (χ1v) is 5.18. The maximum atomic E-state index is 10.8. The molecule has 0 atom stereocenters. The summed E-state index contributed by atoms with van der Waals surface area (Å²) < 4.78 is 10.2. The number of hydrogen-bond acceptors (Lipinski definition) is 4. The van der Waals surface area contributed by atoms with E-state index in [1.54, 1.807) is 30.3 Å². The van der Waals surface area contributed by atoms with Gasteiger partial charge in [0.05, 0.1) is 6.26 Å². The number of carbonyl (C=O) groups is 2. The molecule has 1 N–H and O–H groups in total. The van der Waals surface area contributed by atoms with E-state index in [9.17, 15) is 9.59 Å². The van der Waals surface area contributed by atoms with E-state index in [4.69, 9.17) is 14.3 Å². The van der Waals surface area contributed by atoms with E-state index in [0.29, 0.717) is 16.9 Å². The second-order valence-corrected chi connectivity index (χ2v) is 3.56. The van der Waals surface area contributed by atoms with Crippen LogP contribution in [0.25, 0.3) is 0 Å². The molecule has 0 bridgehead atoms. The van der Waals surface area contributed by atoms with Crippen molar-refractivity contribution in [2.45, 2.75) is 6.61 Å². The smallest absolute Gasteiger partial charge is 0.372 e. The molecule has 2 aromatic rings. The van der Waals surface area contributed by atoms with E-state index >= 15 is 0 Å². The van der Waals surface area contributed by atoms with Gasteiger partial charge in [0.25, 0.3) is 0 Å². The molecule has 18 heavy (non-hydrogen) atoms. The SMILES string of the molecule is O=Cc1ccc(OCc2ccoc2C(=O)O)cc1. The Hall–Kier alpha value is -2.56. The van der Waals surface area contributed by atoms with Gasteiger partial charge in [-0.25, -0.2) is 4.79 Å². The Morgan fingerprint density at radius 2 is 2.00 bits per heavy atom. The van der Waals surface area contributed by atoms with Gasteiger partial charge < -0.3 is 14.3 Å². The second-order valence-electron chi connectivity index (χ2n) is 3.56. The summed E-state index contributed by atoms with van der Waals surface area (Å²) in [5.41, 5.74) is 1.01. The lowest BCUT2D eigenvalue weighted by molar-refractivity contribution is 0.0658. The molecule has 0 unspecified atom stereocenters. The Balaban J connectivity index is 2.04. The van der Waals surface area contributed by atoms with Gasteiger partial charge in [-0.2, -0.15) is 0 Å². The molecule has 0 aliphatic rings. The molecule has 0 spiro atoms. The molecule has 5 nitrogen and oxygen atoms in total. The molecular weight excluding hydrogens is 236 g/mol. The third-order valence-electron chi connectivity index (χ3n) is 2.35. The third-order valence-corrected chi connectivity index (χ3v) is 2.35. The molecule has 0 radical (unpaired) electrons. The molecule has 5 heteroatoms. The van der Waals surface area contributed by atoms with Gasteiger partial charge in [0.2, 0.25) is 5.76 Å². The van der Waals surface area contributed by atoms with Crippen molar-refractivity contribution in [3.05, 3.63) is 53.5 Å². The number of aromatic carboxylic acids is 1. The van der Waals surface area contributed by atoms with E-state index in [1.807, 2.05) is 0 Å². The number of benzene rings is 1. The molecule has 0 saturated carbocycles. The van der Waals surface area contributed by atoms with Crippen molar-refractivity contribution in [2.24, 2.45) is 0 Å². The van der Waals surface area contributed by atoms with E-state index in [-0.39, 0.29) is 12.4 Å². The van der Waals surface area contributed by atoms with Crippen LogP contribution in [0.15, 0.2) is 41.0 Å². The first-order chi connectivity index (χ1) is 8.70. The summed E-state index contributed by atoms with van der Waals surface area (Å²) in [6.45, 7) is 0.0958. The van der Waals surface area contributed by atoms with E-state index < -0.39 is 5.97 Å². The topological polar surface area (TPSA) is 76.7 Å². The van der Waals surface area contributed by atoms with Gasteiger partial charge in [0.15, 0.2) is 0 Å². The average molecular weight is 246 g/mol. The van der Waals surface area contributed by atoms with Crippen molar-refractivity contribution in [1.82, 2.24) is 0 Å². The Kier molecular flexibility index (Phi) is 3.43.